The maximum Gasteiger partial charge on any atom is 0.153 e. The Kier molecular flexibility index (Phi) is 2.58. The van der Waals surface area contributed by atoms with E-state index in [0.29, 0.717) is 12.5 Å². The van der Waals surface area contributed by atoms with Gasteiger partial charge in [0.05, 0.1) is 17.6 Å². The van der Waals surface area contributed by atoms with Gasteiger partial charge in [-0.2, -0.15) is 0 Å². The molecule has 0 aromatic heterocycles. The number of nitrogens with two attached hydrogens (primary N) is 1. The Morgan fingerprint density at radius 3 is 2.47 bits per heavy atom. The molecule has 1 aliphatic heterocycles. The number of sulfone groups is 1. The van der Waals surface area contributed by atoms with Crippen LogP contribution >= 0.6 is 0 Å². The summed E-state index contributed by atoms with van der Waals surface area (Å²) in [6.45, 7) is 0.533. The Hall–Kier alpha value is -0.130. The van der Waals surface area contributed by atoms with Crippen LogP contribution in [0.15, 0.2) is 0 Å². The fourth-order valence-electron chi connectivity index (χ4n) is 4.72. The van der Waals surface area contributed by atoms with Crippen LogP contribution in [-0.2, 0) is 9.84 Å². The van der Waals surface area contributed by atoms with Gasteiger partial charge in [0.25, 0.3) is 0 Å². The number of hydrogen-bond donors (Lipinski definition) is 2. The SMILES string of the molecule is NCC1(C2CS(=O)(=O)CC2O)CC2CCC1C2. The van der Waals surface area contributed by atoms with E-state index in [1.807, 2.05) is 0 Å². The van der Waals surface area contributed by atoms with Crippen LogP contribution in [0.3, 0.4) is 0 Å². The van der Waals surface area contributed by atoms with Crippen molar-refractivity contribution in [3.63, 3.8) is 0 Å². The van der Waals surface area contributed by atoms with E-state index in [1.54, 1.807) is 0 Å². The van der Waals surface area contributed by atoms with Gasteiger partial charge in [-0.15, -0.1) is 0 Å². The van der Waals surface area contributed by atoms with Crippen molar-refractivity contribution in [2.24, 2.45) is 28.9 Å². The van der Waals surface area contributed by atoms with Gasteiger partial charge in [-0.1, -0.05) is 6.42 Å². The van der Waals surface area contributed by atoms with Crippen LogP contribution in [0.1, 0.15) is 25.7 Å². The lowest BCUT2D eigenvalue weighted by Crippen LogP contribution is -2.47. The summed E-state index contributed by atoms with van der Waals surface area (Å²) in [5.74, 6) is 1.24. The van der Waals surface area contributed by atoms with Crippen LogP contribution in [0.4, 0.5) is 0 Å². The van der Waals surface area contributed by atoms with Crippen molar-refractivity contribution < 1.29 is 13.5 Å². The molecule has 0 spiro atoms. The molecule has 2 aliphatic carbocycles. The zero-order valence-electron chi connectivity index (χ0n) is 10.0. The van der Waals surface area contributed by atoms with Crippen molar-refractivity contribution in [3.05, 3.63) is 0 Å². The normalized spacial score (nSPS) is 52.1. The molecule has 5 heteroatoms. The summed E-state index contributed by atoms with van der Waals surface area (Å²) in [4.78, 5) is 0. The summed E-state index contributed by atoms with van der Waals surface area (Å²) in [6, 6.07) is 0. The van der Waals surface area contributed by atoms with Gasteiger partial charge in [-0.05, 0) is 43.1 Å². The van der Waals surface area contributed by atoms with Crippen LogP contribution < -0.4 is 5.73 Å². The average molecular weight is 259 g/mol. The molecule has 3 N–H and O–H groups in total. The van der Waals surface area contributed by atoms with E-state index in [0.717, 1.165) is 12.3 Å². The molecule has 0 aromatic rings. The zero-order valence-corrected chi connectivity index (χ0v) is 10.8. The summed E-state index contributed by atoms with van der Waals surface area (Å²) in [5, 5.41) is 10.1. The van der Waals surface area contributed by atoms with E-state index in [-0.39, 0.29) is 22.8 Å². The number of rotatable bonds is 2. The van der Waals surface area contributed by atoms with Gasteiger partial charge in [-0.3, -0.25) is 0 Å². The fraction of sp³-hybridized carbons (Fsp3) is 1.00. The van der Waals surface area contributed by atoms with E-state index in [2.05, 4.69) is 0 Å². The van der Waals surface area contributed by atoms with E-state index < -0.39 is 15.9 Å². The van der Waals surface area contributed by atoms with Gasteiger partial charge in [-0.25, -0.2) is 8.42 Å². The highest BCUT2D eigenvalue weighted by molar-refractivity contribution is 7.91. The van der Waals surface area contributed by atoms with Crippen LogP contribution in [0.25, 0.3) is 0 Å². The van der Waals surface area contributed by atoms with Crippen LogP contribution in [0.2, 0.25) is 0 Å². The summed E-state index contributed by atoms with van der Waals surface area (Å²) >= 11 is 0. The van der Waals surface area contributed by atoms with Crippen LogP contribution in [-0.4, -0.2) is 37.7 Å². The quantitative estimate of drug-likeness (QED) is 0.740. The highest BCUT2D eigenvalue weighted by Crippen LogP contribution is 2.60. The largest absolute Gasteiger partial charge is 0.392 e. The highest BCUT2D eigenvalue weighted by Gasteiger charge is 2.58. The van der Waals surface area contributed by atoms with Crippen LogP contribution in [0, 0.1) is 23.2 Å². The van der Waals surface area contributed by atoms with E-state index in [4.69, 9.17) is 5.73 Å². The van der Waals surface area contributed by atoms with Crippen LogP contribution in [0.5, 0.6) is 0 Å². The Morgan fingerprint density at radius 1 is 1.29 bits per heavy atom. The van der Waals surface area contributed by atoms with E-state index in [1.165, 1.54) is 19.3 Å². The second kappa shape index (κ2) is 3.68. The van der Waals surface area contributed by atoms with Crippen molar-refractivity contribution in [1.82, 2.24) is 0 Å². The predicted molar refractivity (Wildman–Crippen MR) is 65.1 cm³/mol. The molecule has 2 saturated carbocycles. The van der Waals surface area contributed by atoms with E-state index in [9.17, 15) is 13.5 Å². The molecule has 17 heavy (non-hydrogen) atoms. The molecule has 0 aromatic carbocycles. The van der Waals surface area contributed by atoms with Gasteiger partial charge in [0.1, 0.15) is 0 Å². The van der Waals surface area contributed by atoms with Gasteiger partial charge in [0.15, 0.2) is 9.84 Å². The first kappa shape index (κ1) is 11.9. The molecule has 3 aliphatic rings. The second-order valence-electron chi connectivity index (χ2n) is 6.27. The molecule has 2 bridgehead atoms. The minimum Gasteiger partial charge on any atom is -0.392 e. The fourth-order valence-corrected chi connectivity index (χ4v) is 6.71. The average Bonchev–Trinajstić information content (AvgIpc) is 2.90. The molecule has 4 nitrogen and oxygen atoms in total. The number of hydrogen-bond acceptors (Lipinski definition) is 4. The maximum absolute atomic E-state index is 11.7. The summed E-state index contributed by atoms with van der Waals surface area (Å²) in [5.41, 5.74) is 5.89. The molecule has 3 rings (SSSR count). The lowest BCUT2D eigenvalue weighted by molar-refractivity contribution is 0.0163. The smallest absolute Gasteiger partial charge is 0.153 e. The summed E-state index contributed by atoms with van der Waals surface area (Å²) in [7, 11) is -3.05. The molecule has 1 saturated heterocycles. The summed E-state index contributed by atoms with van der Waals surface area (Å²) < 4.78 is 23.3. The third-order valence-electron chi connectivity index (χ3n) is 5.46. The molecule has 0 radical (unpaired) electrons. The standard InChI is InChI=1S/C12H21NO3S/c13-7-12(4-8-1-2-9(12)3-8)10-5-17(15,16)6-11(10)14/h8-11,14H,1-7,13H2. The second-order valence-corrected chi connectivity index (χ2v) is 8.42. The molecule has 3 fully saturated rings. The van der Waals surface area contributed by atoms with Gasteiger partial charge >= 0.3 is 0 Å². The van der Waals surface area contributed by atoms with Crippen molar-refractivity contribution in [2.45, 2.75) is 31.8 Å². The maximum atomic E-state index is 11.7. The van der Waals surface area contributed by atoms with E-state index >= 15 is 0 Å². The van der Waals surface area contributed by atoms with Crippen molar-refractivity contribution in [2.75, 3.05) is 18.1 Å². The Morgan fingerprint density at radius 2 is 2.06 bits per heavy atom. The molecule has 5 unspecified atom stereocenters. The van der Waals surface area contributed by atoms with Crippen molar-refractivity contribution >= 4 is 9.84 Å². The van der Waals surface area contributed by atoms with Gasteiger partial charge in [0.2, 0.25) is 0 Å². The molecule has 98 valence electrons. The molecule has 1 heterocycles. The Bertz CT molecular complexity index is 421. The first-order valence-corrected chi connectivity index (χ1v) is 8.37. The van der Waals surface area contributed by atoms with Crippen molar-refractivity contribution in [1.29, 1.82) is 0 Å². The summed E-state index contributed by atoms with van der Waals surface area (Å²) in [6.07, 6.45) is 3.97. The minimum atomic E-state index is -3.05. The number of aliphatic hydroxyl groups is 1. The Balaban J connectivity index is 1.92. The highest BCUT2D eigenvalue weighted by atomic mass is 32.2. The minimum absolute atomic E-state index is 0.0587. The Labute approximate surface area is 102 Å². The topological polar surface area (TPSA) is 80.4 Å². The number of aliphatic hydroxyl groups excluding tert-OH is 1. The first-order valence-electron chi connectivity index (χ1n) is 6.55. The van der Waals surface area contributed by atoms with Gasteiger partial charge < -0.3 is 10.8 Å². The van der Waals surface area contributed by atoms with Gasteiger partial charge in [0, 0.05) is 5.92 Å². The lowest BCUT2D eigenvalue weighted by atomic mass is 9.64. The molecule has 0 amide bonds. The number of fused-ring (bicyclic) bond motifs is 2. The third-order valence-corrected chi connectivity index (χ3v) is 7.18. The molecular weight excluding hydrogens is 238 g/mol. The molecule has 5 atom stereocenters. The van der Waals surface area contributed by atoms with Crippen molar-refractivity contribution in [3.8, 4) is 0 Å². The zero-order chi connectivity index (χ0) is 12.3. The predicted octanol–water partition coefficient (Wildman–Crippen LogP) is 0.157. The molecular formula is C12H21NO3S. The lowest BCUT2D eigenvalue weighted by Gasteiger charge is -2.42. The monoisotopic (exact) mass is 259 g/mol. The first-order chi connectivity index (χ1) is 7.97. The third kappa shape index (κ3) is 1.66.